The first-order chi connectivity index (χ1) is 19.4. The Morgan fingerprint density at radius 2 is 2.02 bits per heavy atom. The molecule has 1 fully saturated rings. The minimum Gasteiger partial charge on any atom is -0.497 e. The fraction of sp³-hybridized carbons (Fsp3) is 0.276. The monoisotopic (exact) mass is 541 g/mol. The van der Waals surface area contributed by atoms with Crippen molar-refractivity contribution in [3.8, 4) is 11.5 Å². The van der Waals surface area contributed by atoms with Crippen molar-refractivity contribution < 1.29 is 18.7 Å². The molecule has 2 N–H and O–H groups in total. The molecule has 0 aliphatic heterocycles. The summed E-state index contributed by atoms with van der Waals surface area (Å²) < 4.78 is 29.6. The maximum absolute atomic E-state index is 14.8. The van der Waals surface area contributed by atoms with E-state index < -0.39 is 11.7 Å². The molecule has 10 nitrogen and oxygen atoms in total. The van der Waals surface area contributed by atoms with Crippen LogP contribution in [0.1, 0.15) is 57.9 Å². The highest BCUT2D eigenvalue weighted by molar-refractivity contribution is 6.13. The minimum atomic E-state index is -0.732. The Balaban J connectivity index is 1.46. The summed E-state index contributed by atoms with van der Waals surface area (Å²) in [5.41, 5.74) is 10.4. The van der Waals surface area contributed by atoms with Crippen LogP contribution in [0.5, 0.6) is 11.5 Å². The second kappa shape index (κ2) is 10.1. The Hall–Kier alpha value is -4.80. The lowest BCUT2D eigenvalue weighted by Gasteiger charge is -2.26. The molecule has 1 aliphatic rings. The summed E-state index contributed by atoms with van der Waals surface area (Å²) >= 11 is 0. The molecule has 1 aromatic carbocycles. The topological polar surface area (TPSA) is 122 Å². The van der Waals surface area contributed by atoms with Gasteiger partial charge in [-0.15, -0.1) is 0 Å². The van der Waals surface area contributed by atoms with Crippen LogP contribution in [0.3, 0.4) is 0 Å². The van der Waals surface area contributed by atoms with Crippen LogP contribution in [0.25, 0.3) is 16.9 Å². The summed E-state index contributed by atoms with van der Waals surface area (Å²) in [6.45, 7) is 2.29. The van der Waals surface area contributed by atoms with Crippen LogP contribution >= 0.6 is 0 Å². The zero-order valence-electron chi connectivity index (χ0n) is 22.4. The Morgan fingerprint density at radius 1 is 1.20 bits per heavy atom. The van der Waals surface area contributed by atoms with Gasteiger partial charge in [0.2, 0.25) is 5.78 Å². The molecular formula is C29H28FN7O3. The second-order valence-electron chi connectivity index (χ2n) is 9.86. The van der Waals surface area contributed by atoms with Crippen LogP contribution in [0.2, 0.25) is 0 Å². The number of nitrogens with two attached hydrogens (primary N) is 1. The van der Waals surface area contributed by atoms with Crippen molar-refractivity contribution in [1.29, 1.82) is 0 Å². The first-order valence-electron chi connectivity index (χ1n) is 13.0. The van der Waals surface area contributed by atoms with Gasteiger partial charge in [-0.1, -0.05) is 6.42 Å². The van der Waals surface area contributed by atoms with E-state index in [0.717, 1.165) is 36.7 Å². The number of aliphatic imine (C=N–C) groups is 1. The Labute approximate surface area is 229 Å². The fourth-order valence-corrected chi connectivity index (χ4v) is 5.25. The van der Waals surface area contributed by atoms with Gasteiger partial charge >= 0.3 is 0 Å². The Kier molecular flexibility index (Phi) is 6.41. The number of aryl methyl sites for hydroxylation is 1. The van der Waals surface area contributed by atoms with Crippen molar-refractivity contribution >= 4 is 28.7 Å². The summed E-state index contributed by atoms with van der Waals surface area (Å²) in [6, 6.07) is 7.30. The lowest BCUT2D eigenvalue weighted by atomic mass is 9.79. The third kappa shape index (κ3) is 4.23. The summed E-state index contributed by atoms with van der Waals surface area (Å²) in [4.78, 5) is 30.8. The summed E-state index contributed by atoms with van der Waals surface area (Å²) in [6.07, 6.45) is 8.89. The molecular weight excluding hydrogens is 513 g/mol. The molecule has 11 heteroatoms. The predicted molar refractivity (Wildman–Crippen MR) is 148 cm³/mol. The van der Waals surface area contributed by atoms with E-state index in [0.29, 0.717) is 46.1 Å². The van der Waals surface area contributed by atoms with Crippen LogP contribution in [0.4, 0.5) is 4.39 Å². The zero-order chi connectivity index (χ0) is 28.0. The number of nitrogens with zero attached hydrogens (tertiary/aromatic N) is 6. The number of rotatable bonds is 7. The Bertz CT molecular complexity index is 1800. The SMILES string of the molecule is COc1ccc(Cn2c3nccc(C(N)=NC(=O)c4c(F)cncc4C4CCC4)c3n3cc(C)nc23)c(OC)c1. The molecule has 0 radical (unpaired) electrons. The van der Waals surface area contributed by atoms with E-state index in [2.05, 4.69) is 15.0 Å². The van der Waals surface area contributed by atoms with E-state index in [-0.39, 0.29) is 17.3 Å². The van der Waals surface area contributed by atoms with E-state index in [1.807, 2.05) is 40.3 Å². The highest BCUT2D eigenvalue weighted by Crippen LogP contribution is 2.38. The van der Waals surface area contributed by atoms with E-state index in [4.69, 9.17) is 20.2 Å². The van der Waals surface area contributed by atoms with Gasteiger partial charge in [0.05, 0.1) is 38.2 Å². The fourth-order valence-electron chi connectivity index (χ4n) is 5.25. The quantitative estimate of drug-likeness (QED) is 0.239. The van der Waals surface area contributed by atoms with Gasteiger partial charge in [-0.3, -0.25) is 18.7 Å². The smallest absolute Gasteiger partial charge is 0.282 e. The highest BCUT2D eigenvalue weighted by atomic mass is 19.1. The maximum atomic E-state index is 14.8. The number of amides is 1. The molecule has 0 atom stereocenters. The average molecular weight is 542 g/mol. The maximum Gasteiger partial charge on any atom is 0.282 e. The first-order valence-corrected chi connectivity index (χ1v) is 13.0. The van der Waals surface area contributed by atoms with Crippen LogP contribution < -0.4 is 15.2 Å². The van der Waals surface area contributed by atoms with E-state index in [9.17, 15) is 9.18 Å². The molecule has 1 aliphatic carbocycles. The minimum absolute atomic E-state index is 0.0411. The van der Waals surface area contributed by atoms with E-state index in [1.165, 1.54) is 0 Å². The van der Waals surface area contributed by atoms with Gasteiger partial charge in [0.25, 0.3) is 5.91 Å². The molecule has 4 aromatic heterocycles. The molecule has 1 amide bonds. The van der Waals surface area contributed by atoms with Gasteiger partial charge in [0.1, 0.15) is 22.9 Å². The molecule has 0 spiro atoms. The molecule has 6 rings (SSSR count). The summed E-state index contributed by atoms with van der Waals surface area (Å²) in [5, 5.41) is 0. The number of hydrogen-bond acceptors (Lipinski definition) is 6. The average Bonchev–Trinajstić information content (AvgIpc) is 3.43. The third-order valence-electron chi connectivity index (χ3n) is 7.46. The van der Waals surface area contributed by atoms with Crippen LogP contribution in [0.15, 0.2) is 54.0 Å². The van der Waals surface area contributed by atoms with Crippen molar-refractivity contribution in [3.63, 3.8) is 0 Å². The van der Waals surface area contributed by atoms with Crippen molar-refractivity contribution in [3.05, 3.63) is 82.8 Å². The molecule has 5 aromatic rings. The predicted octanol–water partition coefficient (Wildman–Crippen LogP) is 4.41. The lowest BCUT2D eigenvalue weighted by molar-refractivity contribution is 0.0996. The molecule has 0 saturated heterocycles. The number of hydrogen-bond donors (Lipinski definition) is 1. The van der Waals surface area contributed by atoms with E-state index >= 15 is 0 Å². The normalized spacial score (nSPS) is 14.1. The van der Waals surface area contributed by atoms with Gasteiger partial charge in [-0.05, 0) is 49.4 Å². The molecule has 0 unspecified atom stereocenters. The standard InChI is InChI=1S/C29H28FN7O3/c1-16-14-36-25-20(26(31)35-28(38)24-21(17-5-4-6-17)12-32-13-22(24)30)9-10-33-27(25)37(29(36)34-16)15-18-7-8-19(39-2)11-23(18)40-3/h7-14,17H,4-6,15H2,1-3H3,(H2,31,35,38). The van der Waals surface area contributed by atoms with Crippen LogP contribution in [-0.4, -0.2) is 49.9 Å². The number of fused-ring (bicyclic) bond motifs is 3. The van der Waals surface area contributed by atoms with Gasteiger partial charge in [0, 0.05) is 35.8 Å². The van der Waals surface area contributed by atoms with Gasteiger partial charge in [-0.25, -0.2) is 14.4 Å². The molecule has 0 bridgehead atoms. The summed E-state index contributed by atoms with van der Waals surface area (Å²) in [5.74, 6) is 0.607. The van der Waals surface area contributed by atoms with Gasteiger partial charge < -0.3 is 15.2 Å². The van der Waals surface area contributed by atoms with Crippen molar-refractivity contribution in [1.82, 2.24) is 23.9 Å². The van der Waals surface area contributed by atoms with Gasteiger partial charge in [0.15, 0.2) is 11.5 Å². The molecule has 40 heavy (non-hydrogen) atoms. The molecule has 204 valence electrons. The van der Waals surface area contributed by atoms with Crippen molar-refractivity contribution in [2.24, 2.45) is 10.7 Å². The number of amidine groups is 1. The van der Waals surface area contributed by atoms with Crippen LogP contribution in [-0.2, 0) is 6.54 Å². The zero-order valence-corrected chi connectivity index (χ0v) is 22.4. The van der Waals surface area contributed by atoms with Crippen LogP contribution in [0, 0.1) is 12.7 Å². The van der Waals surface area contributed by atoms with Crippen molar-refractivity contribution in [2.45, 2.75) is 38.6 Å². The van der Waals surface area contributed by atoms with E-state index in [1.54, 1.807) is 32.7 Å². The highest BCUT2D eigenvalue weighted by Gasteiger charge is 2.28. The van der Waals surface area contributed by atoms with Crippen molar-refractivity contribution in [2.75, 3.05) is 14.2 Å². The lowest BCUT2D eigenvalue weighted by Crippen LogP contribution is -2.20. The first kappa shape index (κ1) is 25.5. The number of benzene rings is 1. The second-order valence-corrected chi connectivity index (χ2v) is 9.86. The number of methoxy groups -OCH3 is 2. The molecule has 1 saturated carbocycles. The number of halogens is 1. The number of ether oxygens (including phenoxy) is 2. The largest absolute Gasteiger partial charge is 0.497 e. The number of imidazole rings is 2. The summed E-state index contributed by atoms with van der Waals surface area (Å²) in [7, 11) is 3.21. The Morgan fingerprint density at radius 3 is 2.75 bits per heavy atom. The number of pyridine rings is 2. The number of carbonyl (C=O) groups is 1. The third-order valence-corrected chi connectivity index (χ3v) is 7.46. The van der Waals surface area contributed by atoms with Gasteiger partial charge in [-0.2, -0.15) is 4.99 Å². The number of aromatic nitrogens is 5. The number of carbonyl (C=O) groups excluding carboxylic acids is 1. The molecule has 4 heterocycles.